The van der Waals surface area contributed by atoms with Crippen LogP contribution in [0.2, 0.25) is 0 Å². The summed E-state index contributed by atoms with van der Waals surface area (Å²) in [6.07, 6.45) is 1.80. The van der Waals surface area contributed by atoms with Crippen LogP contribution in [0.15, 0.2) is 24.3 Å². The Bertz CT molecular complexity index is 751. The number of amides is 1. The first-order chi connectivity index (χ1) is 12.6. The average molecular weight is 373 g/mol. The smallest absolute Gasteiger partial charge is 0.256 e. The van der Waals surface area contributed by atoms with Gasteiger partial charge in [0, 0.05) is 25.7 Å². The summed E-state index contributed by atoms with van der Waals surface area (Å²) < 4.78 is 11.6. The van der Waals surface area contributed by atoms with Crippen LogP contribution in [0.1, 0.15) is 50.9 Å². The number of carbonyl (C=O) groups is 1. The maximum atomic E-state index is 13.2. The molecule has 1 saturated heterocycles. The molecule has 0 radical (unpaired) electrons. The lowest BCUT2D eigenvalue weighted by molar-refractivity contribution is 0.0733. The van der Waals surface area contributed by atoms with Crippen LogP contribution in [0.5, 0.6) is 11.5 Å². The number of rotatable bonds is 4. The van der Waals surface area contributed by atoms with Crippen LogP contribution < -0.4 is 14.4 Å². The minimum absolute atomic E-state index is 0.0457. The molecule has 2 aliphatic heterocycles. The van der Waals surface area contributed by atoms with Gasteiger partial charge in [0.25, 0.3) is 5.91 Å². The number of hydrogen-bond acceptors (Lipinski definition) is 4. The highest BCUT2D eigenvalue weighted by atomic mass is 16.5. The number of likely N-dealkylation sites (N-methyl/N-ethyl adjacent to an activating group) is 1. The summed E-state index contributed by atoms with van der Waals surface area (Å²) in [5, 5.41) is 0. The number of benzene rings is 1. The Morgan fingerprint density at radius 2 is 1.96 bits per heavy atom. The normalized spacial score (nSPS) is 22.4. The van der Waals surface area contributed by atoms with Gasteiger partial charge in [-0.3, -0.25) is 4.79 Å². The fraction of sp³-hybridized carbons (Fsp3) is 0.591. The van der Waals surface area contributed by atoms with Crippen molar-refractivity contribution in [2.75, 3.05) is 32.2 Å². The zero-order valence-electron chi connectivity index (χ0n) is 17.5. The van der Waals surface area contributed by atoms with E-state index in [-0.39, 0.29) is 23.4 Å². The highest BCUT2D eigenvalue weighted by Gasteiger charge is 2.41. The molecule has 1 aromatic rings. The molecule has 1 fully saturated rings. The van der Waals surface area contributed by atoms with E-state index in [1.807, 2.05) is 24.1 Å². The van der Waals surface area contributed by atoms with E-state index in [1.54, 1.807) is 7.11 Å². The summed E-state index contributed by atoms with van der Waals surface area (Å²) in [7, 11) is 3.67. The van der Waals surface area contributed by atoms with Gasteiger partial charge < -0.3 is 19.3 Å². The van der Waals surface area contributed by atoms with Crippen LogP contribution >= 0.6 is 0 Å². The third-order valence-corrected chi connectivity index (χ3v) is 5.72. The second-order valence-corrected chi connectivity index (χ2v) is 8.99. The summed E-state index contributed by atoms with van der Waals surface area (Å²) >= 11 is 0. The number of nitrogens with zero attached hydrogens (tertiary/aromatic N) is 2. The van der Waals surface area contributed by atoms with Crippen molar-refractivity contribution >= 4 is 11.6 Å². The van der Waals surface area contributed by atoms with Crippen molar-refractivity contribution in [1.82, 2.24) is 4.90 Å². The Hall–Kier alpha value is -2.17. The van der Waals surface area contributed by atoms with Crippen molar-refractivity contribution in [3.63, 3.8) is 0 Å². The summed E-state index contributed by atoms with van der Waals surface area (Å²) in [5.74, 6) is 1.34. The van der Waals surface area contributed by atoms with Crippen molar-refractivity contribution < 1.29 is 14.3 Å². The van der Waals surface area contributed by atoms with Gasteiger partial charge in [0.15, 0.2) is 11.5 Å². The largest absolute Gasteiger partial charge is 0.493 e. The first-order valence-corrected chi connectivity index (χ1v) is 9.67. The van der Waals surface area contributed by atoms with Gasteiger partial charge in [-0.1, -0.05) is 32.9 Å². The molecule has 5 nitrogen and oxygen atoms in total. The van der Waals surface area contributed by atoms with E-state index in [2.05, 4.69) is 39.2 Å². The lowest BCUT2D eigenvalue weighted by Crippen LogP contribution is -2.45. The summed E-state index contributed by atoms with van der Waals surface area (Å²) in [5.41, 5.74) is 2.89. The summed E-state index contributed by atoms with van der Waals surface area (Å²) in [6.45, 7) is 14.1. The molecular formula is C22H32N2O3. The molecule has 2 aliphatic rings. The molecule has 1 unspecified atom stereocenters. The molecule has 27 heavy (non-hydrogen) atoms. The minimum atomic E-state index is 0.0457. The Morgan fingerprint density at radius 3 is 2.59 bits per heavy atom. The molecule has 1 aromatic carbocycles. The summed E-state index contributed by atoms with van der Waals surface area (Å²) in [6, 6.07) is 4.14. The molecular weight excluding hydrogens is 340 g/mol. The number of carbonyl (C=O) groups excluding carboxylic acids is 1. The van der Waals surface area contributed by atoms with E-state index in [0.29, 0.717) is 30.2 Å². The van der Waals surface area contributed by atoms with E-state index in [9.17, 15) is 4.79 Å². The molecule has 148 valence electrons. The molecule has 2 heterocycles. The first kappa shape index (κ1) is 19.6. The highest BCUT2D eigenvalue weighted by molar-refractivity contribution is 6.02. The van der Waals surface area contributed by atoms with E-state index in [4.69, 9.17) is 9.47 Å². The minimum Gasteiger partial charge on any atom is -0.493 e. The fourth-order valence-corrected chi connectivity index (χ4v) is 3.87. The lowest BCUT2D eigenvalue weighted by Gasteiger charge is -2.32. The van der Waals surface area contributed by atoms with Gasteiger partial charge >= 0.3 is 0 Å². The van der Waals surface area contributed by atoms with Gasteiger partial charge in [0.1, 0.15) is 0 Å². The number of anilines is 1. The maximum Gasteiger partial charge on any atom is 0.256 e. The fourth-order valence-electron chi connectivity index (χ4n) is 3.87. The molecule has 0 bridgehead atoms. The number of hydrogen-bond donors (Lipinski definition) is 0. The van der Waals surface area contributed by atoms with Crippen LogP contribution in [-0.4, -0.2) is 50.2 Å². The molecule has 0 spiro atoms. The van der Waals surface area contributed by atoms with Crippen molar-refractivity contribution in [1.29, 1.82) is 0 Å². The standard InChI is InChI=1S/C22H32N2O3/c1-14-10-17-15(2)23(6)18-12-20(27-9-8-22(3,4)5)19(26-7)11-16(18)21(25)24(17)13-14/h11-12,15,17H,1,8-10,13H2,2-7H3/t15?,17-/m0/s1. The van der Waals surface area contributed by atoms with Gasteiger partial charge in [0.2, 0.25) is 0 Å². The third-order valence-electron chi connectivity index (χ3n) is 5.72. The van der Waals surface area contributed by atoms with E-state index in [0.717, 1.165) is 24.1 Å². The molecule has 0 aromatic heterocycles. The molecule has 0 aliphatic carbocycles. The van der Waals surface area contributed by atoms with Gasteiger partial charge in [-0.2, -0.15) is 0 Å². The van der Waals surface area contributed by atoms with E-state index in [1.165, 1.54) is 0 Å². The second kappa shape index (κ2) is 7.10. The van der Waals surface area contributed by atoms with E-state index >= 15 is 0 Å². The molecule has 1 amide bonds. The van der Waals surface area contributed by atoms with Crippen LogP contribution in [-0.2, 0) is 0 Å². The second-order valence-electron chi connectivity index (χ2n) is 8.99. The topological polar surface area (TPSA) is 42.0 Å². The SMILES string of the molecule is C=C1C[C@H]2C(C)N(C)c3cc(OCCC(C)(C)C)c(OC)cc3C(=O)N2C1. The quantitative estimate of drug-likeness (QED) is 0.746. The molecule has 0 N–H and O–H groups in total. The number of methoxy groups -OCH3 is 1. The molecule has 2 atom stereocenters. The Morgan fingerprint density at radius 1 is 1.26 bits per heavy atom. The maximum absolute atomic E-state index is 13.2. The third kappa shape index (κ3) is 3.78. The van der Waals surface area contributed by atoms with E-state index < -0.39 is 0 Å². The van der Waals surface area contributed by atoms with Gasteiger partial charge in [-0.25, -0.2) is 0 Å². The van der Waals surface area contributed by atoms with Gasteiger partial charge in [-0.15, -0.1) is 0 Å². The van der Waals surface area contributed by atoms with Crippen molar-refractivity contribution in [2.45, 2.75) is 52.6 Å². The predicted octanol–water partition coefficient (Wildman–Crippen LogP) is 4.12. The number of fused-ring (bicyclic) bond motifs is 2. The van der Waals surface area contributed by atoms with Crippen LogP contribution in [0.4, 0.5) is 5.69 Å². The van der Waals surface area contributed by atoms with Crippen molar-refractivity contribution in [2.24, 2.45) is 5.41 Å². The average Bonchev–Trinajstić information content (AvgIpc) is 2.97. The monoisotopic (exact) mass is 372 g/mol. The Labute approximate surface area is 162 Å². The Balaban J connectivity index is 1.97. The van der Waals surface area contributed by atoms with Crippen molar-refractivity contribution in [3.05, 3.63) is 29.8 Å². The van der Waals surface area contributed by atoms with Crippen LogP contribution in [0.3, 0.4) is 0 Å². The lowest BCUT2D eigenvalue weighted by atomic mass is 9.93. The molecule has 0 saturated carbocycles. The predicted molar refractivity (Wildman–Crippen MR) is 109 cm³/mol. The summed E-state index contributed by atoms with van der Waals surface area (Å²) in [4.78, 5) is 17.4. The zero-order chi connectivity index (χ0) is 19.9. The molecule has 5 heteroatoms. The van der Waals surface area contributed by atoms with Crippen molar-refractivity contribution in [3.8, 4) is 11.5 Å². The molecule has 3 rings (SSSR count). The number of ether oxygens (including phenoxy) is 2. The first-order valence-electron chi connectivity index (χ1n) is 9.67. The zero-order valence-corrected chi connectivity index (χ0v) is 17.5. The Kier molecular flexibility index (Phi) is 5.15. The van der Waals surface area contributed by atoms with Crippen LogP contribution in [0, 0.1) is 5.41 Å². The van der Waals surface area contributed by atoms with Gasteiger partial charge in [0.05, 0.1) is 31.0 Å². The highest BCUT2D eigenvalue weighted by Crippen LogP contribution is 2.41. The van der Waals surface area contributed by atoms with Crippen LogP contribution in [0.25, 0.3) is 0 Å². The van der Waals surface area contributed by atoms with Gasteiger partial charge in [-0.05, 0) is 31.2 Å².